The van der Waals surface area contributed by atoms with Crippen molar-refractivity contribution >= 4 is 21.3 Å². The lowest BCUT2D eigenvalue weighted by Gasteiger charge is -2.08. The lowest BCUT2D eigenvalue weighted by molar-refractivity contribution is 0.0991. The molecule has 0 aliphatic heterocycles. The zero-order valence-electron chi connectivity index (χ0n) is 8.60. The van der Waals surface area contributed by atoms with Gasteiger partial charge in [0, 0.05) is 17.5 Å². The van der Waals surface area contributed by atoms with Gasteiger partial charge in [-0.15, -0.1) is 0 Å². The molecule has 0 heterocycles. The number of Topliss-reactive ketones (excluding diaryl/α,β-unsaturated/α-hetero) is 1. The van der Waals surface area contributed by atoms with Gasteiger partial charge in [0.1, 0.15) is 5.25 Å². The number of nitrogens with two attached hydrogens (primary N) is 1. The molecule has 1 aromatic rings. The average Bonchev–Trinajstić information content (AvgIpc) is 2.14. The molecule has 5 heteroatoms. The molecule has 1 atom stereocenters. The minimum absolute atomic E-state index is 0.327. The van der Waals surface area contributed by atoms with E-state index in [0.29, 0.717) is 11.3 Å². The number of carbonyl (C=O) groups is 1. The first-order valence-corrected chi connectivity index (χ1v) is 6.36. The Balaban J connectivity index is 3.06. The van der Waals surface area contributed by atoms with E-state index in [2.05, 4.69) is 0 Å². The van der Waals surface area contributed by atoms with Crippen LogP contribution in [0.2, 0.25) is 0 Å². The normalized spacial score (nSPS) is 13.5. The van der Waals surface area contributed by atoms with Crippen molar-refractivity contribution in [1.82, 2.24) is 0 Å². The summed E-state index contributed by atoms with van der Waals surface area (Å²) in [5.41, 5.74) is 6.28. The predicted octanol–water partition coefficient (Wildman–Crippen LogP) is 0.885. The molecule has 0 aromatic heterocycles. The van der Waals surface area contributed by atoms with Crippen LogP contribution in [-0.2, 0) is 9.84 Å². The molecule has 0 aliphatic rings. The van der Waals surface area contributed by atoms with Crippen LogP contribution in [0.5, 0.6) is 0 Å². The van der Waals surface area contributed by atoms with E-state index in [1.54, 1.807) is 18.2 Å². The zero-order chi connectivity index (χ0) is 11.6. The minimum atomic E-state index is -3.35. The first-order chi connectivity index (χ1) is 6.82. The fraction of sp³-hybridized carbons (Fsp3) is 0.300. The third kappa shape index (κ3) is 2.79. The van der Waals surface area contributed by atoms with E-state index in [1.165, 1.54) is 13.0 Å². The van der Waals surface area contributed by atoms with E-state index in [9.17, 15) is 13.2 Å². The number of sulfone groups is 1. The first kappa shape index (κ1) is 11.7. The molecule has 4 nitrogen and oxygen atoms in total. The third-order valence-electron chi connectivity index (χ3n) is 2.18. The second-order valence-corrected chi connectivity index (χ2v) is 5.83. The Hall–Kier alpha value is -1.36. The maximum absolute atomic E-state index is 11.7. The van der Waals surface area contributed by atoms with Crippen LogP contribution in [-0.4, -0.2) is 25.7 Å². The third-order valence-corrected chi connectivity index (χ3v) is 3.68. The maximum Gasteiger partial charge on any atom is 0.180 e. The largest absolute Gasteiger partial charge is 0.399 e. The van der Waals surface area contributed by atoms with Crippen LogP contribution < -0.4 is 5.73 Å². The lowest BCUT2D eigenvalue weighted by atomic mass is 10.1. The summed E-state index contributed by atoms with van der Waals surface area (Å²) in [6.45, 7) is 1.38. The SMILES string of the molecule is CC(C(=O)c1cccc(N)c1)S(C)(=O)=O. The summed E-state index contributed by atoms with van der Waals surface area (Å²) in [4.78, 5) is 11.7. The van der Waals surface area contributed by atoms with Gasteiger partial charge in [0.2, 0.25) is 0 Å². The van der Waals surface area contributed by atoms with Gasteiger partial charge < -0.3 is 5.73 Å². The van der Waals surface area contributed by atoms with Crippen molar-refractivity contribution < 1.29 is 13.2 Å². The highest BCUT2D eigenvalue weighted by Crippen LogP contribution is 2.12. The molecule has 0 saturated heterocycles. The monoisotopic (exact) mass is 227 g/mol. The summed E-state index contributed by atoms with van der Waals surface area (Å²) < 4.78 is 22.4. The number of anilines is 1. The molecule has 82 valence electrons. The number of hydrogen-bond acceptors (Lipinski definition) is 4. The molecule has 0 fully saturated rings. The van der Waals surface area contributed by atoms with Crippen molar-refractivity contribution in [1.29, 1.82) is 0 Å². The van der Waals surface area contributed by atoms with Gasteiger partial charge in [-0.3, -0.25) is 4.79 Å². The summed E-state index contributed by atoms with van der Waals surface area (Å²) >= 11 is 0. The Labute approximate surface area is 89.0 Å². The van der Waals surface area contributed by atoms with Crippen molar-refractivity contribution in [3.8, 4) is 0 Å². The van der Waals surface area contributed by atoms with Crippen LogP contribution in [0.3, 0.4) is 0 Å². The molecular weight excluding hydrogens is 214 g/mol. The molecule has 0 aliphatic carbocycles. The number of rotatable bonds is 3. The molecule has 1 aromatic carbocycles. The van der Waals surface area contributed by atoms with E-state index >= 15 is 0 Å². The van der Waals surface area contributed by atoms with E-state index in [4.69, 9.17) is 5.73 Å². The number of benzene rings is 1. The highest BCUT2D eigenvalue weighted by atomic mass is 32.2. The van der Waals surface area contributed by atoms with Crippen LogP contribution in [0.4, 0.5) is 5.69 Å². The topological polar surface area (TPSA) is 77.2 Å². The van der Waals surface area contributed by atoms with Gasteiger partial charge in [0.05, 0.1) is 0 Å². The Morgan fingerprint density at radius 3 is 2.47 bits per heavy atom. The van der Waals surface area contributed by atoms with Crippen LogP contribution in [0.1, 0.15) is 17.3 Å². The standard InChI is InChI=1S/C10H13NO3S/c1-7(15(2,13)14)10(12)8-4-3-5-9(11)6-8/h3-7H,11H2,1-2H3. The number of hydrogen-bond donors (Lipinski definition) is 1. The first-order valence-electron chi connectivity index (χ1n) is 4.41. The van der Waals surface area contributed by atoms with Gasteiger partial charge in [0.15, 0.2) is 15.6 Å². The van der Waals surface area contributed by atoms with Crippen LogP contribution >= 0.6 is 0 Å². The van der Waals surface area contributed by atoms with Crippen molar-refractivity contribution in [2.75, 3.05) is 12.0 Å². The fourth-order valence-corrected chi connectivity index (χ4v) is 1.65. The van der Waals surface area contributed by atoms with Crippen molar-refractivity contribution in [3.05, 3.63) is 29.8 Å². The van der Waals surface area contributed by atoms with E-state index in [-0.39, 0.29) is 0 Å². The molecule has 2 N–H and O–H groups in total. The van der Waals surface area contributed by atoms with Gasteiger partial charge in [0.25, 0.3) is 0 Å². The molecule has 1 unspecified atom stereocenters. The second kappa shape index (κ2) is 4.02. The number of carbonyl (C=O) groups excluding carboxylic acids is 1. The Morgan fingerprint density at radius 1 is 1.40 bits per heavy atom. The number of ketones is 1. The van der Waals surface area contributed by atoms with Crippen LogP contribution in [0, 0.1) is 0 Å². The van der Waals surface area contributed by atoms with Gasteiger partial charge in [-0.1, -0.05) is 12.1 Å². The molecule has 0 spiro atoms. The summed E-state index contributed by atoms with van der Waals surface area (Å²) in [6.07, 6.45) is 1.04. The van der Waals surface area contributed by atoms with E-state index in [0.717, 1.165) is 6.26 Å². The van der Waals surface area contributed by atoms with Gasteiger partial charge >= 0.3 is 0 Å². The molecule has 0 amide bonds. The summed E-state index contributed by atoms with van der Waals surface area (Å²) in [5, 5.41) is -1.03. The smallest absolute Gasteiger partial charge is 0.180 e. The second-order valence-electron chi connectivity index (χ2n) is 3.46. The Morgan fingerprint density at radius 2 is 2.00 bits per heavy atom. The molecule has 0 bridgehead atoms. The van der Waals surface area contributed by atoms with Gasteiger partial charge in [-0.05, 0) is 19.1 Å². The minimum Gasteiger partial charge on any atom is -0.399 e. The fourth-order valence-electron chi connectivity index (χ4n) is 1.12. The molecule has 1 rings (SSSR count). The van der Waals surface area contributed by atoms with Crippen molar-refractivity contribution in [2.24, 2.45) is 0 Å². The van der Waals surface area contributed by atoms with E-state index in [1.807, 2.05) is 0 Å². The van der Waals surface area contributed by atoms with E-state index < -0.39 is 20.9 Å². The quantitative estimate of drug-likeness (QED) is 0.614. The van der Waals surface area contributed by atoms with Crippen LogP contribution in [0.15, 0.2) is 24.3 Å². The summed E-state index contributed by atoms with van der Waals surface area (Å²) in [7, 11) is -3.35. The summed E-state index contributed by atoms with van der Waals surface area (Å²) in [6, 6.07) is 6.30. The molecule has 0 radical (unpaired) electrons. The predicted molar refractivity (Wildman–Crippen MR) is 59.5 cm³/mol. The zero-order valence-corrected chi connectivity index (χ0v) is 9.41. The average molecular weight is 227 g/mol. The van der Waals surface area contributed by atoms with Gasteiger partial charge in [-0.25, -0.2) is 8.42 Å². The highest BCUT2D eigenvalue weighted by molar-refractivity contribution is 7.92. The Kier molecular flexibility index (Phi) is 3.14. The summed E-state index contributed by atoms with van der Waals surface area (Å²) in [5.74, 6) is -0.426. The molecular formula is C10H13NO3S. The van der Waals surface area contributed by atoms with Crippen molar-refractivity contribution in [2.45, 2.75) is 12.2 Å². The molecule has 15 heavy (non-hydrogen) atoms. The highest BCUT2D eigenvalue weighted by Gasteiger charge is 2.24. The number of nitrogen functional groups attached to an aromatic ring is 1. The van der Waals surface area contributed by atoms with Crippen molar-refractivity contribution in [3.63, 3.8) is 0 Å². The van der Waals surface area contributed by atoms with Crippen LogP contribution in [0.25, 0.3) is 0 Å². The maximum atomic E-state index is 11.7. The Bertz CT molecular complexity index is 479. The lowest BCUT2D eigenvalue weighted by Crippen LogP contribution is -2.26. The molecule has 0 saturated carbocycles. The van der Waals surface area contributed by atoms with Gasteiger partial charge in [-0.2, -0.15) is 0 Å².